The van der Waals surface area contributed by atoms with Gasteiger partial charge in [-0.3, -0.25) is 0 Å². The van der Waals surface area contributed by atoms with E-state index in [1.165, 1.54) is 25.3 Å². The SMILES string of the molecule is Fc1ccc(CC2CCCCN2)cc1Cl. The first-order valence-electron chi connectivity index (χ1n) is 5.43. The molecule has 1 aromatic carbocycles. The van der Waals surface area contributed by atoms with E-state index in [4.69, 9.17) is 11.6 Å². The summed E-state index contributed by atoms with van der Waals surface area (Å²) in [6.07, 6.45) is 4.70. The lowest BCUT2D eigenvalue weighted by molar-refractivity contribution is 0.399. The quantitative estimate of drug-likeness (QED) is 0.819. The molecule has 1 saturated heterocycles. The van der Waals surface area contributed by atoms with Crippen LogP contribution in [0.15, 0.2) is 18.2 Å². The van der Waals surface area contributed by atoms with Gasteiger partial charge in [0.25, 0.3) is 0 Å². The van der Waals surface area contributed by atoms with E-state index in [9.17, 15) is 4.39 Å². The molecule has 15 heavy (non-hydrogen) atoms. The van der Waals surface area contributed by atoms with E-state index in [0.29, 0.717) is 6.04 Å². The molecule has 1 heterocycles. The monoisotopic (exact) mass is 227 g/mol. The van der Waals surface area contributed by atoms with Crippen LogP contribution in [0.5, 0.6) is 0 Å². The smallest absolute Gasteiger partial charge is 0.141 e. The maximum Gasteiger partial charge on any atom is 0.141 e. The van der Waals surface area contributed by atoms with E-state index >= 15 is 0 Å². The number of benzene rings is 1. The molecule has 1 aliphatic heterocycles. The zero-order chi connectivity index (χ0) is 10.7. The van der Waals surface area contributed by atoms with Crippen molar-refractivity contribution >= 4 is 11.6 Å². The highest BCUT2D eigenvalue weighted by molar-refractivity contribution is 6.30. The molecule has 0 radical (unpaired) electrons. The summed E-state index contributed by atoms with van der Waals surface area (Å²) in [6, 6.07) is 5.52. The molecule has 1 unspecified atom stereocenters. The van der Waals surface area contributed by atoms with E-state index in [0.717, 1.165) is 18.5 Å². The molecule has 0 bridgehead atoms. The maximum atomic E-state index is 12.9. The van der Waals surface area contributed by atoms with Crippen LogP contribution < -0.4 is 5.32 Å². The zero-order valence-electron chi connectivity index (χ0n) is 8.60. The number of hydrogen-bond acceptors (Lipinski definition) is 1. The molecule has 1 nitrogen and oxygen atoms in total. The average Bonchev–Trinajstić information content (AvgIpc) is 2.25. The predicted octanol–water partition coefficient (Wildman–Crippen LogP) is 3.16. The summed E-state index contributed by atoms with van der Waals surface area (Å²) >= 11 is 5.74. The van der Waals surface area contributed by atoms with E-state index in [-0.39, 0.29) is 10.8 Å². The molecule has 0 spiro atoms. The molecule has 0 amide bonds. The van der Waals surface area contributed by atoms with E-state index < -0.39 is 0 Å². The largest absolute Gasteiger partial charge is 0.314 e. The minimum atomic E-state index is -0.336. The van der Waals surface area contributed by atoms with E-state index in [1.54, 1.807) is 6.07 Å². The van der Waals surface area contributed by atoms with Crippen molar-refractivity contribution in [2.75, 3.05) is 6.54 Å². The molecule has 2 rings (SSSR count). The average molecular weight is 228 g/mol. The van der Waals surface area contributed by atoms with Crippen LogP contribution in [-0.2, 0) is 6.42 Å². The highest BCUT2D eigenvalue weighted by atomic mass is 35.5. The van der Waals surface area contributed by atoms with Crippen LogP contribution in [0.3, 0.4) is 0 Å². The molecule has 1 aromatic rings. The van der Waals surface area contributed by atoms with Gasteiger partial charge in [-0.25, -0.2) is 4.39 Å². The third-order valence-corrected chi connectivity index (χ3v) is 3.17. The van der Waals surface area contributed by atoms with Crippen molar-refractivity contribution in [1.82, 2.24) is 5.32 Å². The van der Waals surface area contributed by atoms with Gasteiger partial charge in [-0.15, -0.1) is 0 Å². The minimum absolute atomic E-state index is 0.225. The van der Waals surface area contributed by atoms with E-state index in [2.05, 4.69) is 5.32 Å². The Kier molecular flexibility index (Phi) is 3.60. The fourth-order valence-corrected chi connectivity index (χ4v) is 2.25. The Morgan fingerprint density at radius 1 is 1.40 bits per heavy atom. The summed E-state index contributed by atoms with van der Waals surface area (Å²) in [5, 5.41) is 3.69. The Labute approximate surface area is 94.6 Å². The van der Waals surface area contributed by atoms with Gasteiger partial charge in [0.05, 0.1) is 5.02 Å². The van der Waals surface area contributed by atoms with Gasteiger partial charge in [0.15, 0.2) is 0 Å². The van der Waals surface area contributed by atoms with Crippen molar-refractivity contribution in [3.05, 3.63) is 34.6 Å². The van der Waals surface area contributed by atoms with Crippen molar-refractivity contribution in [1.29, 1.82) is 0 Å². The number of piperidine rings is 1. The second-order valence-corrected chi connectivity index (χ2v) is 4.51. The Morgan fingerprint density at radius 2 is 2.27 bits per heavy atom. The Bertz CT molecular complexity index is 334. The summed E-state index contributed by atoms with van der Waals surface area (Å²) in [5.41, 5.74) is 1.11. The van der Waals surface area contributed by atoms with Crippen molar-refractivity contribution in [3.63, 3.8) is 0 Å². The Morgan fingerprint density at radius 3 is 2.93 bits per heavy atom. The van der Waals surface area contributed by atoms with Gasteiger partial charge in [0, 0.05) is 6.04 Å². The van der Waals surface area contributed by atoms with Crippen molar-refractivity contribution in [3.8, 4) is 0 Å². The molecule has 0 aromatic heterocycles. The highest BCUT2D eigenvalue weighted by Crippen LogP contribution is 2.19. The summed E-state index contributed by atoms with van der Waals surface area (Å²) in [7, 11) is 0. The van der Waals surface area contributed by atoms with Crippen molar-refractivity contribution < 1.29 is 4.39 Å². The van der Waals surface area contributed by atoms with Crippen LogP contribution in [-0.4, -0.2) is 12.6 Å². The van der Waals surface area contributed by atoms with Crippen LogP contribution in [0.1, 0.15) is 24.8 Å². The molecular weight excluding hydrogens is 213 g/mol. The Hall–Kier alpha value is -0.600. The number of halogens is 2. The second kappa shape index (κ2) is 4.95. The standard InChI is InChI=1S/C12H15ClFN/c13-11-8-9(4-5-12(11)14)7-10-3-1-2-6-15-10/h4-5,8,10,15H,1-3,6-7H2. The lowest BCUT2D eigenvalue weighted by Gasteiger charge is -2.23. The molecule has 1 atom stereocenters. The van der Waals surface area contributed by atoms with Gasteiger partial charge in [-0.05, 0) is 43.5 Å². The van der Waals surface area contributed by atoms with Gasteiger partial charge in [-0.1, -0.05) is 24.1 Å². The first-order chi connectivity index (χ1) is 7.25. The third kappa shape index (κ3) is 2.93. The highest BCUT2D eigenvalue weighted by Gasteiger charge is 2.13. The van der Waals surface area contributed by atoms with Gasteiger partial charge in [0.2, 0.25) is 0 Å². The van der Waals surface area contributed by atoms with Crippen LogP contribution in [0.25, 0.3) is 0 Å². The lowest BCUT2D eigenvalue weighted by Crippen LogP contribution is -2.35. The molecular formula is C12H15ClFN. The molecule has 1 N–H and O–H groups in total. The topological polar surface area (TPSA) is 12.0 Å². The first-order valence-corrected chi connectivity index (χ1v) is 5.81. The summed E-state index contributed by atoms with van der Waals surface area (Å²) in [4.78, 5) is 0. The second-order valence-electron chi connectivity index (χ2n) is 4.10. The van der Waals surface area contributed by atoms with Crippen LogP contribution in [0, 0.1) is 5.82 Å². The summed E-state index contributed by atoms with van der Waals surface area (Å²) in [6.45, 7) is 1.10. The zero-order valence-corrected chi connectivity index (χ0v) is 9.36. The van der Waals surface area contributed by atoms with Crippen LogP contribution in [0.2, 0.25) is 5.02 Å². The first kappa shape index (κ1) is 10.9. The number of rotatable bonds is 2. The van der Waals surface area contributed by atoms with Crippen LogP contribution >= 0.6 is 11.6 Å². The third-order valence-electron chi connectivity index (χ3n) is 2.88. The lowest BCUT2D eigenvalue weighted by atomic mass is 9.98. The minimum Gasteiger partial charge on any atom is -0.314 e. The fraction of sp³-hybridized carbons (Fsp3) is 0.500. The summed E-state index contributed by atoms with van der Waals surface area (Å²) in [5.74, 6) is -0.336. The molecule has 1 aliphatic rings. The number of nitrogens with one attached hydrogen (secondary N) is 1. The normalized spacial score (nSPS) is 21.6. The van der Waals surface area contributed by atoms with Gasteiger partial charge in [-0.2, -0.15) is 0 Å². The van der Waals surface area contributed by atoms with Crippen molar-refractivity contribution in [2.24, 2.45) is 0 Å². The van der Waals surface area contributed by atoms with Crippen molar-refractivity contribution in [2.45, 2.75) is 31.7 Å². The Balaban J connectivity index is 2.00. The predicted molar refractivity (Wildman–Crippen MR) is 60.8 cm³/mol. The maximum absolute atomic E-state index is 12.9. The fourth-order valence-electron chi connectivity index (χ4n) is 2.05. The molecule has 1 fully saturated rings. The molecule has 0 aliphatic carbocycles. The number of hydrogen-bond donors (Lipinski definition) is 1. The molecule has 3 heteroatoms. The van der Waals surface area contributed by atoms with Crippen LogP contribution in [0.4, 0.5) is 4.39 Å². The van der Waals surface area contributed by atoms with Gasteiger partial charge < -0.3 is 5.32 Å². The molecule has 82 valence electrons. The van der Waals surface area contributed by atoms with Gasteiger partial charge >= 0.3 is 0 Å². The van der Waals surface area contributed by atoms with Gasteiger partial charge in [0.1, 0.15) is 5.82 Å². The summed E-state index contributed by atoms with van der Waals surface area (Å²) < 4.78 is 12.9. The molecule has 0 saturated carbocycles. The van der Waals surface area contributed by atoms with E-state index in [1.807, 2.05) is 6.07 Å².